The minimum Gasteiger partial charge on any atom is -0.194 e. The maximum Gasteiger partial charge on any atom is 0.340 e. The third kappa shape index (κ3) is 3.02. The van der Waals surface area contributed by atoms with E-state index in [1.165, 1.54) is 24.3 Å². The molecule has 7 rings (SSSR count). The van der Waals surface area contributed by atoms with Gasteiger partial charge < -0.3 is 0 Å². The second-order valence-corrected chi connectivity index (χ2v) is 10.1. The van der Waals surface area contributed by atoms with Crippen LogP contribution in [0.3, 0.4) is 0 Å². The molecule has 0 N–H and O–H groups in total. The molecule has 8 heteroatoms. The zero-order valence-corrected chi connectivity index (χ0v) is 20.3. The molecule has 6 aromatic rings. The molecule has 0 fully saturated rings. The fourth-order valence-corrected chi connectivity index (χ4v) is 5.84. The lowest BCUT2D eigenvalue weighted by atomic mass is 9.81. The molecule has 0 nitrogen and oxygen atoms in total. The van der Waals surface area contributed by atoms with Gasteiger partial charge in [-0.05, 0) is 67.4 Å². The van der Waals surface area contributed by atoms with Crippen LogP contribution in [0.25, 0.3) is 43.1 Å². The quantitative estimate of drug-likeness (QED) is 0.130. The highest BCUT2D eigenvalue weighted by molar-refractivity contribution is 6.04. The average molecular weight is 552 g/mol. The molecule has 0 heterocycles. The van der Waals surface area contributed by atoms with Crippen LogP contribution in [0.1, 0.15) is 22.3 Å². The molecular formula is C32H16F8. The molecule has 0 atom stereocenters. The second-order valence-electron chi connectivity index (χ2n) is 10.1. The van der Waals surface area contributed by atoms with Crippen LogP contribution in [0.2, 0.25) is 0 Å². The molecule has 40 heavy (non-hydrogen) atoms. The van der Waals surface area contributed by atoms with E-state index in [9.17, 15) is 0 Å². The predicted octanol–water partition coefficient (Wildman–Crippen LogP) is 10.4. The van der Waals surface area contributed by atoms with E-state index in [4.69, 9.17) is 0 Å². The van der Waals surface area contributed by atoms with Gasteiger partial charge >= 0.3 is 23.7 Å². The Morgan fingerprint density at radius 3 is 0.700 bits per heavy atom. The number of hydrogen-bond acceptors (Lipinski definition) is 0. The van der Waals surface area contributed by atoms with Crippen molar-refractivity contribution in [3.05, 3.63) is 119 Å². The van der Waals surface area contributed by atoms with Crippen molar-refractivity contribution in [2.75, 3.05) is 0 Å². The largest absolute Gasteiger partial charge is 0.340 e. The number of fused-ring (bicyclic) bond motifs is 14. The Bertz CT molecular complexity index is 1730. The van der Waals surface area contributed by atoms with Gasteiger partial charge in [-0.25, -0.2) is 0 Å². The first-order chi connectivity index (χ1) is 18.9. The number of halogens is 8. The number of rotatable bonds is 0. The van der Waals surface area contributed by atoms with Crippen LogP contribution < -0.4 is 0 Å². The summed E-state index contributed by atoms with van der Waals surface area (Å²) < 4.78 is 129. The van der Waals surface area contributed by atoms with E-state index in [-0.39, 0.29) is 0 Å². The van der Waals surface area contributed by atoms with E-state index in [0.29, 0.717) is 45.8 Å². The first-order valence-corrected chi connectivity index (χ1v) is 12.3. The summed E-state index contributed by atoms with van der Waals surface area (Å²) in [5.74, 6) is -19.6. The summed E-state index contributed by atoms with van der Waals surface area (Å²) >= 11 is 0. The topological polar surface area (TPSA) is 0 Å². The molecule has 0 radical (unpaired) electrons. The standard InChI is InChI=1S/C32H16F8/c33-29(34)25-9-10-26(22-14-18-6-2-1-5-17(18)13-21(22)25)30(35,36)32(39,40)28-12-11-27(31(29,37)38)23-15-19-7-3-4-8-20(19)16-24(23)28/h1-16H. The molecule has 6 aromatic carbocycles. The lowest BCUT2D eigenvalue weighted by Gasteiger charge is -2.34. The summed E-state index contributed by atoms with van der Waals surface area (Å²) in [4.78, 5) is 0. The number of hydrogen-bond donors (Lipinski definition) is 0. The Morgan fingerprint density at radius 1 is 0.300 bits per heavy atom. The van der Waals surface area contributed by atoms with E-state index in [2.05, 4.69) is 0 Å². The Balaban J connectivity index is 1.71. The van der Waals surface area contributed by atoms with Crippen molar-refractivity contribution in [3.63, 3.8) is 0 Å². The molecule has 0 aromatic heterocycles. The number of benzene rings is 6. The Hall–Kier alpha value is -4.20. The molecule has 0 amide bonds. The van der Waals surface area contributed by atoms with Crippen LogP contribution in [0.5, 0.6) is 0 Å². The maximum atomic E-state index is 16.1. The molecule has 4 bridgehead atoms. The van der Waals surface area contributed by atoms with Crippen molar-refractivity contribution < 1.29 is 35.1 Å². The Morgan fingerprint density at radius 2 is 0.500 bits per heavy atom. The summed E-state index contributed by atoms with van der Waals surface area (Å²) in [7, 11) is 0. The lowest BCUT2D eigenvalue weighted by molar-refractivity contribution is -0.225. The third-order valence-corrected chi connectivity index (χ3v) is 7.91. The van der Waals surface area contributed by atoms with Crippen molar-refractivity contribution >= 4 is 43.1 Å². The van der Waals surface area contributed by atoms with Crippen LogP contribution in [0.4, 0.5) is 35.1 Å². The van der Waals surface area contributed by atoms with Crippen LogP contribution >= 0.6 is 0 Å². The van der Waals surface area contributed by atoms with Gasteiger partial charge in [-0.3, -0.25) is 0 Å². The van der Waals surface area contributed by atoms with Gasteiger partial charge in [0.25, 0.3) is 0 Å². The van der Waals surface area contributed by atoms with Gasteiger partial charge in [0, 0.05) is 22.3 Å². The summed E-state index contributed by atoms with van der Waals surface area (Å²) in [5, 5.41) is -1.40. The van der Waals surface area contributed by atoms with E-state index in [1.54, 1.807) is 24.3 Å². The summed E-state index contributed by atoms with van der Waals surface area (Å²) in [6.07, 6.45) is 0. The molecule has 0 aliphatic heterocycles. The fraction of sp³-hybridized carbons (Fsp3) is 0.125. The molecule has 1 aliphatic rings. The number of alkyl halides is 8. The molecule has 200 valence electrons. The SMILES string of the molecule is FC1(F)c2ccc(c3cc4ccccc4cc23)C(F)(F)C(F)(F)c2ccc(c3cc4ccccc4cc23)C1(F)F. The van der Waals surface area contributed by atoms with Crippen LogP contribution in [0, 0.1) is 0 Å². The first kappa shape index (κ1) is 24.8. The molecule has 0 saturated heterocycles. The van der Waals surface area contributed by atoms with Crippen molar-refractivity contribution in [1.29, 1.82) is 0 Å². The Kier molecular flexibility index (Phi) is 4.78. The highest BCUT2D eigenvalue weighted by Gasteiger charge is 2.63. The smallest absolute Gasteiger partial charge is 0.194 e. The van der Waals surface area contributed by atoms with E-state index >= 15 is 35.1 Å². The minimum absolute atomic E-state index is 0.301. The van der Waals surface area contributed by atoms with Gasteiger partial charge in [0.15, 0.2) is 0 Å². The Labute approximate surface area is 221 Å². The van der Waals surface area contributed by atoms with E-state index < -0.39 is 67.5 Å². The van der Waals surface area contributed by atoms with Crippen molar-refractivity contribution in [2.45, 2.75) is 23.7 Å². The summed E-state index contributed by atoms with van der Waals surface area (Å²) in [5.41, 5.74) is -4.95. The molecule has 0 saturated carbocycles. The van der Waals surface area contributed by atoms with E-state index in [0.717, 1.165) is 24.3 Å². The van der Waals surface area contributed by atoms with Crippen molar-refractivity contribution in [1.82, 2.24) is 0 Å². The van der Waals surface area contributed by atoms with Crippen LogP contribution in [-0.4, -0.2) is 0 Å². The molecule has 0 unspecified atom stereocenters. The summed E-state index contributed by atoms with van der Waals surface area (Å²) in [6.45, 7) is 0. The van der Waals surface area contributed by atoms with E-state index in [1.807, 2.05) is 0 Å². The normalized spacial score (nSPS) is 18.8. The minimum atomic E-state index is -4.90. The lowest BCUT2D eigenvalue weighted by Crippen LogP contribution is -2.39. The molecule has 1 aliphatic carbocycles. The zero-order valence-electron chi connectivity index (χ0n) is 20.3. The first-order valence-electron chi connectivity index (χ1n) is 12.3. The van der Waals surface area contributed by atoms with Gasteiger partial charge in [-0.2, -0.15) is 35.1 Å². The highest BCUT2D eigenvalue weighted by Crippen LogP contribution is 2.58. The van der Waals surface area contributed by atoms with Crippen molar-refractivity contribution in [2.24, 2.45) is 0 Å². The second kappa shape index (κ2) is 7.71. The highest BCUT2D eigenvalue weighted by atomic mass is 19.3. The predicted molar refractivity (Wildman–Crippen MR) is 138 cm³/mol. The average Bonchev–Trinajstić information content (AvgIpc) is 2.92. The van der Waals surface area contributed by atoms with Crippen LogP contribution in [0.15, 0.2) is 97.1 Å². The van der Waals surface area contributed by atoms with Crippen LogP contribution in [-0.2, 0) is 23.7 Å². The van der Waals surface area contributed by atoms with Crippen molar-refractivity contribution in [3.8, 4) is 0 Å². The fourth-order valence-electron chi connectivity index (χ4n) is 5.84. The van der Waals surface area contributed by atoms with Gasteiger partial charge in [0.1, 0.15) is 0 Å². The third-order valence-electron chi connectivity index (χ3n) is 7.91. The van der Waals surface area contributed by atoms with Gasteiger partial charge in [-0.15, -0.1) is 0 Å². The molecular weight excluding hydrogens is 536 g/mol. The maximum absolute atomic E-state index is 16.1. The van der Waals surface area contributed by atoms with Gasteiger partial charge in [-0.1, -0.05) is 72.8 Å². The van der Waals surface area contributed by atoms with Gasteiger partial charge in [0.05, 0.1) is 0 Å². The van der Waals surface area contributed by atoms with Gasteiger partial charge in [0.2, 0.25) is 0 Å². The molecule has 0 spiro atoms. The summed E-state index contributed by atoms with van der Waals surface area (Å²) in [6, 6.07) is 18.1. The monoisotopic (exact) mass is 552 g/mol. The zero-order chi connectivity index (χ0) is 28.2.